The van der Waals surface area contributed by atoms with E-state index in [1.165, 1.54) is 20.0 Å². The number of amides is 1. The van der Waals surface area contributed by atoms with E-state index in [0.29, 0.717) is 5.41 Å². The van der Waals surface area contributed by atoms with Gasteiger partial charge in [-0.3, -0.25) is 9.59 Å². The molecule has 0 aromatic carbocycles. The summed E-state index contributed by atoms with van der Waals surface area (Å²) in [5, 5.41) is 3.11. The van der Waals surface area contributed by atoms with Crippen molar-refractivity contribution in [2.45, 2.75) is 51.9 Å². The molecule has 0 spiro atoms. The monoisotopic (exact) mass is 267 g/mol. The molecule has 2 rings (SSSR count). The molecule has 0 unspecified atom stereocenters. The zero-order chi connectivity index (χ0) is 13.9. The number of rotatable bonds is 5. The van der Waals surface area contributed by atoms with E-state index in [9.17, 15) is 9.59 Å². The summed E-state index contributed by atoms with van der Waals surface area (Å²) in [6, 6.07) is 0. The summed E-state index contributed by atoms with van der Waals surface area (Å²) in [7, 11) is 1.43. The first-order chi connectivity index (χ1) is 9.10. The summed E-state index contributed by atoms with van der Waals surface area (Å²) in [5.41, 5.74) is 0.402. The Labute approximate surface area is 115 Å². The molecule has 2 fully saturated rings. The normalized spacial score (nSPS) is 28.5. The van der Waals surface area contributed by atoms with Crippen molar-refractivity contribution >= 4 is 11.9 Å². The van der Waals surface area contributed by atoms with Gasteiger partial charge >= 0.3 is 5.97 Å². The molecule has 0 aromatic heterocycles. The molecule has 1 amide bonds. The fourth-order valence-corrected chi connectivity index (χ4v) is 3.01. The van der Waals surface area contributed by atoms with E-state index in [-0.39, 0.29) is 23.7 Å². The van der Waals surface area contributed by atoms with Gasteiger partial charge in [0.25, 0.3) is 0 Å². The molecule has 0 radical (unpaired) electrons. The molecule has 19 heavy (non-hydrogen) atoms. The molecule has 1 N–H and O–H groups in total. The SMILES string of the molecule is CCC1(CNC(=O)C2CCC(C(=O)OC)CC2)CC1. The van der Waals surface area contributed by atoms with Gasteiger partial charge in [-0.2, -0.15) is 0 Å². The summed E-state index contributed by atoms with van der Waals surface area (Å²) in [5.74, 6) is 0.151. The summed E-state index contributed by atoms with van der Waals surface area (Å²) in [4.78, 5) is 23.5. The molecule has 0 atom stereocenters. The van der Waals surface area contributed by atoms with Crippen LogP contribution < -0.4 is 5.32 Å². The maximum absolute atomic E-state index is 12.1. The number of hydrogen-bond donors (Lipinski definition) is 1. The van der Waals surface area contributed by atoms with Crippen molar-refractivity contribution in [3.63, 3.8) is 0 Å². The lowest BCUT2D eigenvalue weighted by atomic mass is 9.81. The van der Waals surface area contributed by atoms with E-state index in [1.807, 2.05) is 0 Å². The Morgan fingerprint density at radius 3 is 2.21 bits per heavy atom. The second kappa shape index (κ2) is 5.93. The highest BCUT2D eigenvalue weighted by Crippen LogP contribution is 2.47. The third-order valence-electron chi connectivity index (χ3n) is 4.98. The molecule has 2 saturated carbocycles. The van der Waals surface area contributed by atoms with Crippen molar-refractivity contribution in [3.8, 4) is 0 Å². The molecular formula is C15H25NO3. The number of methoxy groups -OCH3 is 1. The van der Waals surface area contributed by atoms with Crippen LogP contribution in [-0.2, 0) is 14.3 Å². The Morgan fingerprint density at radius 2 is 1.74 bits per heavy atom. The Morgan fingerprint density at radius 1 is 1.16 bits per heavy atom. The highest BCUT2D eigenvalue weighted by atomic mass is 16.5. The topological polar surface area (TPSA) is 55.4 Å². The van der Waals surface area contributed by atoms with Gasteiger partial charge in [0, 0.05) is 12.5 Å². The Kier molecular flexibility index (Phi) is 4.48. The van der Waals surface area contributed by atoms with Crippen LogP contribution in [0.25, 0.3) is 0 Å². The molecule has 108 valence electrons. The minimum Gasteiger partial charge on any atom is -0.469 e. The standard InChI is InChI=1S/C15H25NO3/c1-3-15(8-9-15)10-16-13(17)11-4-6-12(7-5-11)14(18)19-2/h11-12H,3-10H2,1-2H3,(H,16,17). The number of nitrogens with one attached hydrogen (secondary N) is 1. The van der Waals surface area contributed by atoms with E-state index in [2.05, 4.69) is 12.2 Å². The Balaban J connectivity index is 1.72. The predicted molar refractivity (Wildman–Crippen MR) is 72.4 cm³/mol. The minimum absolute atomic E-state index is 0.000494. The average molecular weight is 267 g/mol. The minimum atomic E-state index is -0.123. The maximum atomic E-state index is 12.1. The van der Waals surface area contributed by atoms with Crippen LogP contribution >= 0.6 is 0 Å². The third-order valence-corrected chi connectivity index (χ3v) is 4.98. The van der Waals surface area contributed by atoms with Crippen LogP contribution in [0.5, 0.6) is 0 Å². The van der Waals surface area contributed by atoms with E-state index in [1.54, 1.807) is 0 Å². The lowest BCUT2D eigenvalue weighted by Crippen LogP contribution is -2.37. The fraction of sp³-hybridized carbons (Fsp3) is 0.867. The molecule has 0 aromatic rings. The van der Waals surface area contributed by atoms with Gasteiger partial charge in [0.05, 0.1) is 13.0 Å². The van der Waals surface area contributed by atoms with E-state index < -0.39 is 0 Å². The van der Waals surface area contributed by atoms with E-state index >= 15 is 0 Å². The summed E-state index contributed by atoms with van der Waals surface area (Å²) < 4.78 is 4.76. The largest absolute Gasteiger partial charge is 0.469 e. The van der Waals surface area contributed by atoms with Gasteiger partial charge in [0.15, 0.2) is 0 Å². The number of carbonyl (C=O) groups is 2. The third kappa shape index (κ3) is 3.48. The van der Waals surface area contributed by atoms with Crippen molar-refractivity contribution in [1.29, 1.82) is 0 Å². The molecule has 4 heteroatoms. The first-order valence-corrected chi connectivity index (χ1v) is 7.46. The van der Waals surface area contributed by atoms with Crippen LogP contribution in [0.15, 0.2) is 0 Å². The zero-order valence-electron chi connectivity index (χ0n) is 12.0. The van der Waals surface area contributed by atoms with Crippen LogP contribution in [0.3, 0.4) is 0 Å². The van der Waals surface area contributed by atoms with Crippen LogP contribution in [0.1, 0.15) is 51.9 Å². The van der Waals surface area contributed by atoms with Crippen LogP contribution in [-0.4, -0.2) is 25.5 Å². The van der Waals surface area contributed by atoms with Crippen LogP contribution in [0.4, 0.5) is 0 Å². The quantitative estimate of drug-likeness (QED) is 0.777. The smallest absolute Gasteiger partial charge is 0.308 e. The summed E-state index contributed by atoms with van der Waals surface area (Å²) in [6.45, 7) is 3.03. The average Bonchev–Trinajstić information content (AvgIpc) is 3.25. The zero-order valence-corrected chi connectivity index (χ0v) is 12.0. The summed E-state index contributed by atoms with van der Waals surface area (Å²) >= 11 is 0. The van der Waals surface area contributed by atoms with Gasteiger partial charge < -0.3 is 10.1 Å². The molecule has 0 bridgehead atoms. The van der Waals surface area contributed by atoms with Crippen molar-refractivity contribution in [2.24, 2.45) is 17.3 Å². The Bertz CT molecular complexity index is 341. The van der Waals surface area contributed by atoms with Crippen LogP contribution in [0.2, 0.25) is 0 Å². The van der Waals surface area contributed by atoms with Crippen molar-refractivity contribution < 1.29 is 14.3 Å². The van der Waals surface area contributed by atoms with Crippen LogP contribution in [0, 0.1) is 17.3 Å². The Hall–Kier alpha value is -1.06. The van der Waals surface area contributed by atoms with Gasteiger partial charge in [0.2, 0.25) is 5.91 Å². The van der Waals surface area contributed by atoms with Crippen molar-refractivity contribution in [2.75, 3.05) is 13.7 Å². The summed E-state index contributed by atoms with van der Waals surface area (Å²) in [6.07, 6.45) is 6.84. The predicted octanol–water partition coefficient (Wildman–Crippen LogP) is 2.27. The molecule has 4 nitrogen and oxygen atoms in total. The molecule has 0 heterocycles. The van der Waals surface area contributed by atoms with Gasteiger partial charge in [-0.15, -0.1) is 0 Å². The highest BCUT2D eigenvalue weighted by molar-refractivity contribution is 5.79. The molecule has 2 aliphatic rings. The second-order valence-corrected chi connectivity index (χ2v) is 6.14. The molecule has 0 saturated heterocycles. The fourth-order valence-electron chi connectivity index (χ4n) is 3.01. The first kappa shape index (κ1) is 14.4. The molecule has 2 aliphatic carbocycles. The maximum Gasteiger partial charge on any atom is 0.308 e. The number of carbonyl (C=O) groups excluding carboxylic acids is 2. The number of esters is 1. The van der Waals surface area contributed by atoms with Gasteiger partial charge in [-0.1, -0.05) is 6.92 Å². The van der Waals surface area contributed by atoms with Crippen molar-refractivity contribution in [3.05, 3.63) is 0 Å². The molecule has 0 aliphatic heterocycles. The molecular weight excluding hydrogens is 242 g/mol. The van der Waals surface area contributed by atoms with Gasteiger partial charge in [-0.25, -0.2) is 0 Å². The van der Waals surface area contributed by atoms with E-state index in [4.69, 9.17) is 4.74 Å². The van der Waals surface area contributed by atoms with E-state index in [0.717, 1.165) is 38.6 Å². The number of hydrogen-bond acceptors (Lipinski definition) is 3. The first-order valence-electron chi connectivity index (χ1n) is 7.46. The second-order valence-electron chi connectivity index (χ2n) is 6.14. The van der Waals surface area contributed by atoms with Gasteiger partial charge in [0.1, 0.15) is 0 Å². The lowest BCUT2D eigenvalue weighted by molar-refractivity contribution is -0.147. The lowest BCUT2D eigenvalue weighted by Gasteiger charge is -2.26. The number of ether oxygens (including phenoxy) is 1. The highest BCUT2D eigenvalue weighted by Gasteiger charge is 2.41. The van der Waals surface area contributed by atoms with Crippen molar-refractivity contribution in [1.82, 2.24) is 5.32 Å². The van der Waals surface area contributed by atoms with Gasteiger partial charge in [-0.05, 0) is 50.4 Å².